The number of methoxy groups -OCH3 is 1. The standard InChI is InChI=1S/C29H33N3O4S2/c1-7-31(8-2)21-13-10-20(23(17-21)35-5)16-24-27(33)32-26(19-11-14-22(37-6)15-12-19)25(28(34)36-9-3)18(4)30-29(32)38-24/h10-17,26H,7-9H2,1-6H3/b24-16-. The number of fused-ring (bicyclic) bond motifs is 1. The summed E-state index contributed by atoms with van der Waals surface area (Å²) in [5.74, 6) is 0.225. The number of esters is 1. The Bertz CT molecular complexity index is 1530. The number of carbonyl (C=O) groups excluding carboxylic acids is 1. The fourth-order valence-corrected chi connectivity index (χ4v) is 6.08. The SMILES string of the molecule is CCOC(=O)C1=C(C)N=c2s/c(=C\c3ccc(N(CC)CC)cc3OC)c(=O)n2C1c1ccc(SC)cc1. The zero-order valence-corrected chi connectivity index (χ0v) is 24.2. The summed E-state index contributed by atoms with van der Waals surface area (Å²) in [6.07, 6.45) is 3.85. The van der Waals surface area contributed by atoms with E-state index in [4.69, 9.17) is 9.47 Å². The maximum absolute atomic E-state index is 13.9. The molecule has 38 heavy (non-hydrogen) atoms. The molecule has 0 spiro atoms. The van der Waals surface area contributed by atoms with E-state index in [0.29, 0.717) is 26.4 Å². The lowest BCUT2D eigenvalue weighted by atomic mass is 9.96. The highest BCUT2D eigenvalue weighted by Gasteiger charge is 2.33. The molecular formula is C29H33N3O4S2. The first-order valence-corrected chi connectivity index (χ1v) is 14.7. The molecule has 200 valence electrons. The Morgan fingerprint density at radius 1 is 1.16 bits per heavy atom. The first-order valence-electron chi connectivity index (χ1n) is 12.6. The largest absolute Gasteiger partial charge is 0.496 e. The number of nitrogens with zero attached hydrogens (tertiary/aromatic N) is 3. The number of thiazole rings is 1. The molecule has 9 heteroatoms. The van der Waals surface area contributed by atoms with Gasteiger partial charge in [0, 0.05) is 35.3 Å². The van der Waals surface area contributed by atoms with Crippen LogP contribution in [0.3, 0.4) is 0 Å². The lowest BCUT2D eigenvalue weighted by Gasteiger charge is -2.24. The normalized spacial score (nSPS) is 15.2. The van der Waals surface area contributed by atoms with Crippen molar-refractivity contribution in [2.24, 2.45) is 4.99 Å². The van der Waals surface area contributed by atoms with Crippen LogP contribution in [0.15, 0.2) is 68.4 Å². The third-order valence-electron chi connectivity index (χ3n) is 6.58. The van der Waals surface area contributed by atoms with Gasteiger partial charge in [-0.15, -0.1) is 11.8 Å². The van der Waals surface area contributed by atoms with Crippen molar-refractivity contribution in [3.63, 3.8) is 0 Å². The van der Waals surface area contributed by atoms with E-state index >= 15 is 0 Å². The molecule has 1 aliphatic heterocycles. The Morgan fingerprint density at radius 3 is 2.47 bits per heavy atom. The highest BCUT2D eigenvalue weighted by molar-refractivity contribution is 7.98. The second-order valence-corrected chi connectivity index (χ2v) is 10.6. The average Bonchev–Trinajstić information content (AvgIpc) is 3.23. The van der Waals surface area contributed by atoms with E-state index in [0.717, 1.165) is 34.8 Å². The smallest absolute Gasteiger partial charge is 0.338 e. The minimum absolute atomic E-state index is 0.211. The quantitative estimate of drug-likeness (QED) is 0.290. The van der Waals surface area contributed by atoms with Crippen LogP contribution >= 0.6 is 23.1 Å². The zero-order chi connectivity index (χ0) is 27.4. The minimum atomic E-state index is -0.629. The third-order valence-corrected chi connectivity index (χ3v) is 8.31. The van der Waals surface area contributed by atoms with Crippen molar-refractivity contribution in [2.45, 2.75) is 38.6 Å². The monoisotopic (exact) mass is 551 g/mol. The average molecular weight is 552 g/mol. The van der Waals surface area contributed by atoms with E-state index in [2.05, 4.69) is 23.7 Å². The van der Waals surface area contributed by atoms with E-state index in [1.165, 1.54) is 11.3 Å². The fourth-order valence-electron chi connectivity index (χ4n) is 4.64. The van der Waals surface area contributed by atoms with Gasteiger partial charge in [0.1, 0.15) is 5.75 Å². The first-order chi connectivity index (χ1) is 18.4. The Balaban J connectivity index is 1.89. The highest BCUT2D eigenvalue weighted by atomic mass is 32.2. The number of rotatable bonds is 9. The summed E-state index contributed by atoms with van der Waals surface area (Å²) in [6.45, 7) is 9.80. The molecule has 0 saturated carbocycles. The zero-order valence-electron chi connectivity index (χ0n) is 22.6. The third kappa shape index (κ3) is 5.31. The van der Waals surface area contributed by atoms with Crippen molar-refractivity contribution < 1.29 is 14.3 Å². The molecule has 0 bridgehead atoms. The number of ether oxygens (including phenoxy) is 2. The Labute approximate surface area is 231 Å². The summed E-state index contributed by atoms with van der Waals surface area (Å²) in [7, 11) is 1.63. The minimum Gasteiger partial charge on any atom is -0.496 e. The number of allylic oxidation sites excluding steroid dienone is 1. The molecule has 1 aliphatic rings. The van der Waals surface area contributed by atoms with Crippen molar-refractivity contribution in [3.05, 3.63) is 84.5 Å². The van der Waals surface area contributed by atoms with Gasteiger partial charge in [-0.1, -0.05) is 23.5 Å². The van der Waals surface area contributed by atoms with Crippen LogP contribution in [-0.4, -0.2) is 43.6 Å². The van der Waals surface area contributed by atoms with Crippen molar-refractivity contribution in [1.82, 2.24) is 4.57 Å². The van der Waals surface area contributed by atoms with Gasteiger partial charge in [0.05, 0.1) is 35.6 Å². The van der Waals surface area contributed by atoms with Crippen LogP contribution in [0.25, 0.3) is 6.08 Å². The Kier molecular flexibility index (Phi) is 8.79. The van der Waals surface area contributed by atoms with Crippen molar-refractivity contribution in [3.8, 4) is 5.75 Å². The summed E-state index contributed by atoms with van der Waals surface area (Å²) in [5, 5.41) is 0. The Hall–Kier alpha value is -3.30. The van der Waals surface area contributed by atoms with Crippen molar-refractivity contribution >= 4 is 40.8 Å². The van der Waals surface area contributed by atoms with Gasteiger partial charge >= 0.3 is 5.97 Å². The maximum atomic E-state index is 13.9. The number of carbonyl (C=O) groups is 1. The molecule has 1 atom stereocenters. The van der Waals surface area contributed by atoms with Gasteiger partial charge in [-0.2, -0.15) is 0 Å². The van der Waals surface area contributed by atoms with Gasteiger partial charge in [0.2, 0.25) is 0 Å². The summed E-state index contributed by atoms with van der Waals surface area (Å²) >= 11 is 2.94. The van der Waals surface area contributed by atoms with Gasteiger partial charge in [0.15, 0.2) is 4.80 Å². The molecule has 3 aromatic rings. The number of thioether (sulfide) groups is 1. The first kappa shape index (κ1) is 27.7. The van der Waals surface area contributed by atoms with Crippen LogP contribution in [0.2, 0.25) is 0 Å². The van der Waals surface area contributed by atoms with E-state index in [-0.39, 0.29) is 12.2 Å². The van der Waals surface area contributed by atoms with E-state index in [1.54, 1.807) is 37.3 Å². The summed E-state index contributed by atoms with van der Waals surface area (Å²) in [5.41, 5.74) is 3.41. The number of aromatic nitrogens is 1. The second kappa shape index (κ2) is 12.0. The van der Waals surface area contributed by atoms with Crippen molar-refractivity contribution in [2.75, 3.05) is 38.0 Å². The number of benzene rings is 2. The summed E-state index contributed by atoms with van der Waals surface area (Å²) in [4.78, 5) is 35.5. The molecule has 7 nitrogen and oxygen atoms in total. The number of hydrogen-bond acceptors (Lipinski definition) is 8. The second-order valence-electron chi connectivity index (χ2n) is 8.67. The van der Waals surface area contributed by atoms with Crippen molar-refractivity contribution in [1.29, 1.82) is 0 Å². The predicted octanol–water partition coefficient (Wildman–Crippen LogP) is 4.38. The molecule has 2 heterocycles. The van der Waals surface area contributed by atoms with E-state index < -0.39 is 12.0 Å². The molecule has 1 unspecified atom stereocenters. The molecule has 0 radical (unpaired) electrons. The summed E-state index contributed by atoms with van der Waals surface area (Å²) < 4.78 is 13.2. The van der Waals surface area contributed by atoms with Crippen LogP contribution in [0.1, 0.15) is 44.9 Å². The van der Waals surface area contributed by atoms with Crippen LogP contribution in [0.5, 0.6) is 5.75 Å². The maximum Gasteiger partial charge on any atom is 0.338 e. The molecule has 1 aromatic heterocycles. The lowest BCUT2D eigenvalue weighted by Crippen LogP contribution is -2.39. The molecule has 0 amide bonds. The molecular weight excluding hydrogens is 518 g/mol. The fraction of sp³-hybridized carbons (Fsp3) is 0.345. The molecule has 0 saturated heterocycles. The van der Waals surface area contributed by atoms with Gasteiger partial charge in [-0.3, -0.25) is 9.36 Å². The molecule has 4 rings (SSSR count). The van der Waals surface area contributed by atoms with E-state index in [1.807, 2.05) is 54.8 Å². The molecule has 0 aliphatic carbocycles. The van der Waals surface area contributed by atoms with E-state index in [9.17, 15) is 9.59 Å². The highest BCUT2D eigenvalue weighted by Crippen LogP contribution is 2.32. The van der Waals surface area contributed by atoms with Crippen LogP contribution < -0.4 is 24.5 Å². The van der Waals surface area contributed by atoms with Crippen LogP contribution in [-0.2, 0) is 9.53 Å². The molecule has 0 fully saturated rings. The topological polar surface area (TPSA) is 73.1 Å². The van der Waals surface area contributed by atoms with Gasteiger partial charge in [-0.05, 0) is 69.9 Å². The van der Waals surface area contributed by atoms with Gasteiger partial charge < -0.3 is 14.4 Å². The predicted molar refractivity (Wildman–Crippen MR) is 155 cm³/mol. The van der Waals surface area contributed by atoms with Crippen LogP contribution in [0.4, 0.5) is 5.69 Å². The van der Waals surface area contributed by atoms with Crippen LogP contribution in [0, 0.1) is 0 Å². The number of anilines is 1. The Morgan fingerprint density at radius 2 is 1.87 bits per heavy atom. The molecule has 0 N–H and O–H groups in total. The van der Waals surface area contributed by atoms with Gasteiger partial charge in [0.25, 0.3) is 5.56 Å². The van der Waals surface area contributed by atoms with Gasteiger partial charge in [-0.25, -0.2) is 9.79 Å². The summed E-state index contributed by atoms with van der Waals surface area (Å²) in [6, 6.07) is 13.3. The lowest BCUT2D eigenvalue weighted by molar-refractivity contribution is -0.139. The molecule has 2 aromatic carbocycles. The number of hydrogen-bond donors (Lipinski definition) is 0.